The van der Waals surface area contributed by atoms with Crippen LogP contribution in [0.25, 0.3) is 0 Å². The van der Waals surface area contributed by atoms with Crippen LogP contribution in [0.4, 0.5) is 6.01 Å². The van der Waals surface area contributed by atoms with E-state index in [0.29, 0.717) is 11.9 Å². The molecule has 0 spiro atoms. The molecule has 0 radical (unpaired) electrons. The first-order valence-electron chi connectivity index (χ1n) is 6.75. The van der Waals surface area contributed by atoms with Crippen LogP contribution in [-0.2, 0) is 6.42 Å². The Labute approximate surface area is 113 Å². The molecule has 5 nitrogen and oxygen atoms in total. The minimum Gasteiger partial charge on any atom is -0.408 e. The van der Waals surface area contributed by atoms with Gasteiger partial charge >= 0.3 is 6.01 Å². The summed E-state index contributed by atoms with van der Waals surface area (Å²) in [6, 6.07) is 6.58. The number of aryl methyl sites for hydroxylation is 2. The van der Waals surface area contributed by atoms with Crippen molar-refractivity contribution in [3.8, 4) is 0 Å². The molecule has 2 rings (SSSR count). The molecule has 0 bridgehead atoms. The molecule has 1 atom stereocenters. The summed E-state index contributed by atoms with van der Waals surface area (Å²) in [5, 5.41) is 11.3. The summed E-state index contributed by atoms with van der Waals surface area (Å²) in [5.41, 5.74) is 2.01. The van der Waals surface area contributed by atoms with Gasteiger partial charge in [-0.2, -0.15) is 0 Å². The lowest BCUT2D eigenvalue weighted by atomic mass is 10.1. The molecular weight excluding hydrogens is 240 g/mol. The van der Waals surface area contributed by atoms with Crippen LogP contribution < -0.4 is 5.32 Å². The van der Waals surface area contributed by atoms with E-state index in [2.05, 4.69) is 34.3 Å². The highest BCUT2D eigenvalue weighted by Gasteiger charge is 2.14. The molecule has 0 aliphatic carbocycles. The summed E-state index contributed by atoms with van der Waals surface area (Å²) in [4.78, 5) is 4.53. The Hall–Kier alpha value is -1.91. The molecule has 0 aliphatic heterocycles. The highest BCUT2D eigenvalue weighted by molar-refractivity contribution is 5.25. The van der Waals surface area contributed by atoms with E-state index in [1.807, 2.05) is 25.1 Å². The third kappa shape index (κ3) is 3.53. The standard InChI is InChI=1S/C14H20N4O/c1-4-7-13-17-18-14(19-13)16-11(5-2)12-9-6-8-10(3)15-12/h6,8-9,11H,4-5,7H2,1-3H3,(H,16,18)/t11-/m1/s1. The lowest BCUT2D eigenvalue weighted by Crippen LogP contribution is -2.12. The van der Waals surface area contributed by atoms with Crippen LogP contribution in [0.1, 0.15) is 50.0 Å². The van der Waals surface area contributed by atoms with Gasteiger partial charge in [0.1, 0.15) is 0 Å². The number of hydrogen-bond donors (Lipinski definition) is 1. The van der Waals surface area contributed by atoms with E-state index < -0.39 is 0 Å². The van der Waals surface area contributed by atoms with Crippen LogP contribution in [0, 0.1) is 6.92 Å². The molecule has 0 fully saturated rings. The molecular formula is C14H20N4O. The maximum Gasteiger partial charge on any atom is 0.316 e. The minimum atomic E-state index is 0.0924. The van der Waals surface area contributed by atoms with Crippen molar-refractivity contribution in [3.63, 3.8) is 0 Å². The molecule has 0 aliphatic rings. The van der Waals surface area contributed by atoms with Crippen LogP contribution in [0.15, 0.2) is 22.6 Å². The van der Waals surface area contributed by atoms with Crippen LogP contribution in [-0.4, -0.2) is 15.2 Å². The molecule has 5 heteroatoms. The lowest BCUT2D eigenvalue weighted by molar-refractivity contribution is 0.493. The molecule has 0 amide bonds. The van der Waals surface area contributed by atoms with Gasteiger partial charge < -0.3 is 9.73 Å². The fourth-order valence-electron chi connectivity index (χ4n) is 1.92. The van der Waals surface area contributed by atoms with Crippen molar-refractivity contribution in [2.75, 3.05) is 5.32 Å². The normalized spacial score (nSPS) is 12.4. The zero-order valence-corrected chi connectivity index (χ0v) is 11.7. The number of rotatable bonds is 6. The lowest BCUT2D eigenvalue weighted by Gasteiger charge is -2.14. The second-order valence-electron chi connectivity index (χ2n) is 4.56. The monoisotopic (exact) mass is 260 g/mol. The first-order chi connectivity index (χ1) is 9.22. The van der Waals surface area contributed by atoms with Crippen molar-refractivity contribution in [3.05, 3.63) is 35.5 Å². The van der Waals surface area contributed by atoms with E-state index in [1.54, 1.807) is 0 Å². The van der Waals surface area contributed by atoms with Crippen LogP contribution in [0.2, 0.25) is 0 Å². The second kappa shape index (κ2) is 6.31. The summed E-state index contributed by atoms with van der Waals surface area (Å²) in [5.74, 6) is 0.678. The smallest absolute Gasteiger partial charge is 0.316 e. The van der Waals surface area contributed by atoms with Crippen molar-refractivity contribution in [2.45, 2.75) is 46.1 Å². The van der Waals surface area contributed by atoms with Gasteiger partial charge in [-0.3, -0.25) is 4.98 Å². The van der Waals surface area contributed by atoms with Crippen molar-refractivity contribution in [2.24, 2.45) is 0 Å². The number of aromatic nitrogens is 3. The number of nitrogens with one attached hydrogen (secondary N) is 1. The van der Waals surface area contributed by atoms with Gasteiger partial charge in [0.2, 0.25) is 5.89 Å². The van der Waals surface area contributed by atoms with Gasteiger partial charge in [-0.1, -0.05) is 25.0 Å². The van der Waals surface area contributed by atoms with Gasteiger partial charge in [0.05, 0.1) is 11.7 Å². The number of pyridine rings is 1. The largest absolute Gasteiger partial charge is 0.408 e. The summed E-state index contributed by atoms with van der Waals surface area (Å²) >= 11 is 0. The third-order valence-corrected chi connectivity index (χ3v) is 2.90. The predicted octanol–water partition coefficient (Wildman–Crippen LogP) is 3.29. The summed E-state index contributed by atoms with van der Waals surface area (Å²) in [7, 11) is 0. The quantitative estimate of drug-likeness (QED) is 0.863. The first-order valence-corrected chi connectivity index (χ1v) is 6.75. The molecule has 19 heavy (non-hydrogen) atoms. The van der Waals surface area contributed by atoms with Crippen LogP contribution in [0.3, 0.4) is 0 Å². The molecule has 0 unspecified atom stereocenters. The third-order valence-electron chi connectivity index (χ3n) is 2.90. The Kier molecular flexibility index (Phi) is 4.49. The molecule has 0 aromatic carbocycles. The van der Waals surface area contributed by atoms with Gasteiger partial charge in [0.25, 0.3) is 0 Å². The Morgan fingerprint density at radius 1 is 1.26 bits per heavy atom. The van der Waals surface area contributed by atoms with Gasteiger partial charge in [-0.25, -0.2) is 0 Å². The maximum atomic E-state index is 5.55. The Morgan fingerprint density at radius 3 is 2.79 bits per heavy atom. The molecule has 1 N–H and O–H groups in total. The van der Waals surface area contributed by atoms with E-state index in [9.17, 15) is 0 Å². The van der Waals surface area contributed by atoms with E-state index in [4.69, 9.17) is 4.42 Å². The zero-order valence-electron chi connectivity index (χ0n) is 11.7. The SMILES string of the molecule is CCCc1nnc(N[C@H](CC)c2cccc(C)n2)o1. The summed E-state index contributed by atoms with van der Waals surface area (Å²) < 4.78 is 5.55. The molecule has 102 valence electrons. The molecule has 2 heterocycles. The van der Waals surface area contributed by atoms with Gasteiger partial charge in [0.15, 0.2) is 0 Å². The van der Waals surface area contributed by atoms with Crippen LogP contribution >= 0.6 is 0 Å². The average Bonchev–Trinajstić information content (AvgIpc) is 2.84. The molecule has 2 aromatic rings. The predicted molar refractivity (Wildman–Crippen MR) is 73.9 cm³/mol. The van der Waals surface area contributed by atoms with Crippen molar-refractivity contribution in [1.82, 2.24) is 15.2 Å². The van der Waals surface area contributed by atoms with Gasteiger partial charge in [0, 0.05) is 12.1 Å². The summed E-state index contributed by atoms with van der Waals surface area (Å²) in [6.07, 6.45) is 2.72. The zero-order chi connectivity index (χ0) is 13.7. The fourth-order valence-corrected chi connectivity index (χ4v) is 1.92. The van der Waals surface area contributed by atoms with Crippen molar-refractivity contribution < 1.29 is 4.42 Å². The van der Waals surface area contributed by atoms with E-state index in [1.165, 1.54) is 0 Å². The number of hydrogen-bond acceptors (Lipinski definition) is 5. The van der Waals surface area contributed by atoms with E-state index >= 15 is 0 Å². The van der Waals surface area contributed by atoms with E-state index in [-0.39, 0.29) is 6.04 Å². The van der Waals surface area contributed by atoms with Gasteiger partial charge in [-0.05, 0) is 31.9 Å². The van der Waals surface area contributed by atoms with Gasteiger partial charge in [-0.15, -0.1) is 5.10 Å². The molecule has 0 saturated carbocycles. The molecule has 0 saturated heterocycles. The first kappa shape index (κ1) is 13.5. The van der Waals surface area contributed by atoms with E-state index in [0.717, 1.165) is 30.7 Å². The highest BCUT2D eigenvalue weighted by atomic mass is 16.4. The Balaban J connectivity index is 2.09. The maximum absolute atomic E-state index is 5.55. The fraction of sp³-hybridized carbons (Fsp3) is 0.500. The topological polar surface area (TPSA) is 63.8 Å². The Bertz CT molecular complexity index is 524. The summed E-state index contributed by atoms with van der Waals surface area (Å²) in [6.45, 7) is 6.18. The average molecular weight is 260 g/mol. The second-order valence-corrected chi connectivity index (χ2v) is 4.56. The van der Waals surface area contributed by atoms with Crippen molar-refractivity contribution in [1.29, 1.82) is 0 Å². The number of nitrogens with zero attached hydrogens (tertiary/aromatic N) is 3. The van der Waals surface area contributed by atoms with Crippen LogP contribution in [0.5, 0.6) is 0 Å². The van der Waals surface area contributed by atoms with Crippen molar-refractivity contribution >= 4 is 6.01 Å². The number of anilines is 1. The Morgan fingerprint density at radius 2 is 2.11 bits per heavy atom. The minimum absolute atomic E-state index is 0.0924. The highest BCUT2D eigenvalue weighted by Crippen LogP contribution is 2.20. The molecule has 2 aromatic heterocycles.